The van der Waals surface area contributed by atoms with Gasteiger partial charge in [0.2, 0.25) is 5.75 Å². The van der Waals surface area contributed by atoms with E-state index in [2.05, 4.69) is 0 Å². The standard InChI is InChI=1S/C15H20O4/c1-18-12-9-8-11(14(17)15(12)19-2)13(16)10-6-4-3-5-7-10/h8-10,17H,3-7H2,1-2H3. The van der Waals surface area contributed by atoms with Gasteiger partial charge in [0.1, 0.15) is 0 Å². The summed E-state index contributed by atoms with van der Waals surface area (Å²) in [5.74, 6) is 0.581. The first kappa shape index (κ1) is 13.7. The monoisotopic (exact) mass is 264 g/mol. The van der Waals surface area contributed by atoms with E-state index in [-0.39, 0.29) is 23.2 Å². The molecule has 0 radical (unpaired) electrons. The molecule has 104 valence electrons. The molecule has 1 N–H and O–H groups in total. The van der Waals surface area contributed by atoms with Crippen molar-refractivity contribution in [2.24, 2.45) is 5.92 Å². The smallest absolute Gasteiger partial charge is 0.203 e. The Morgan fingerprint density at radius 3 is 2.42 bits per heavy atom. The average Bonchev–Trinajstić information content (AvgIpc) is 2.47. The molecule has 1 aliphatic carbocycles. The van der Waals surface area contributed by atoms with Crippen LogP contribution in [0.2, 0.25) is 0 Å². The molecule has 19 heavy (non-hydrogen) atoms. The number of Topliss-reactive ketones (excluding diaryl/α,β-unsaturated/α-hetero) is 1. The Bertz CT molecular complexity index is 461. The fourth-order valence-corrected chi connectivity index (χ4v) is 2.69. The number of hydrogen-bond acceptors (Lipinski definition) is 4. The minimum absolute atomic E-state index is 0.0122. The Hall–Kier alpha value is -1.71. The summed E-state index contributed by atoms with van der Waals surface area (Å²) in [5.41, 5.74) is 0.338. The predicted molar refractivity (Wildman–Crippen MR) is 72.1 cm³/mol. The summed E-state index contributed by atoms with van der Waals surface area (Å²) in [6.07, 6.45) is 5.19. The second kappa shape index (κ2) is 5.95. The van der Waals surface area contributed by atoms with Gasteiger partial charge in [-0.25, -0.2) is 0 Å². The molecule has 0 heterocycles. The maximum absolute atomic E-state index is 12.4. The SMILES string of the molecule is COc1ccc(C(=O)C2CCCCC2)c(O)c1OC. The first-order chi connectivity index (χ1) is 9.19. The second-order valence-electron chi connectivity index (χ2n) is 4.90. The van der Waals surface area contributed by atoms with E-state index in [9.17, 15) is 9.90 Å². The summed E-state index contributed by atoms with van der Waals surface area (Å²) in [7, 11) is 2.95. The molecule has 0 saturated heterocycles. The highest BCUT2D eigenvalue weighted by molar-refractivity contribution is 6.01. The lowest BCUT2D eigenvalue weighted by Crippen LogP contribution is -2.18. The number of methoxy groups -OCH3 is 2. The summed E-state index contributed by atoms with van der Waals surface area (Å²) in [5, 5.41) is 10.2. The van der Waals surface area contributed by atoms with Crippen molar-refractivity contribution in [1.82, 2.24) is 0 Å². The fourth-order valence-electron chi connectivity index (χ4n) is 2.69. The highest BCUT2D eigenvalue weighted by Gasteiger charge is 2.26. The van der Waals surface area contributed by atoms with Crippen molar-refractivity contribution >= 4 is 5.78 Å². The van der Waals surface area contributed by atoms with Crippen LogP contribution in [0.1, 0.15) is 42.5 Å². The number of carbonyl (C=O) groups is 1. The number of phenols is 1. The molecule has 0 spiro atoms. The third kappa shape index (κ3) is 2.67. The first-order valence-electron chi connectivity index (χ1n) is 6.67. The van der Waals surface area contributed by atoms with Gasteiger partial charge >= 0.3 is 0 Å². The van der Waals surface area contributed by atoms with E-state index in [0.717, 1.165) is 25.7 Å². The van der Waals surface area contributed by atoms with Gasteiger partial charge in [-0.2, -0.15) is 0 Å². The topological polar surface area (TPSA) is 55.8 Å². The van der Waals surface area contributed by atoms with Crippen molar-refractivity contribution in [2.75, 3.05) is 14.2 Å². The number of carbonyl (C=O) groups excluding carboxylic acids is 1. The molecule has 0 atom stereocenters. The third-order valence-corrected chi connectivity index (χ3v) is 3.76. The fraction of sp³-hybridized carbons (Fsp3) is 0.533. The van der Waals surface area contributed by atoms with Gasteiger partial charge in [-0.15, -0.1) is 0 Å². The van der Waals surface area contributed by atoms with Gasteiger partial charge in [-0.3, -0.25) is 4.79 Å². The highest BCUT2D eigenvalue weighted by atomic mass is 16.5. The minimum Gasteiger partial charge on any atom is -0.504 e. The van der Waals surface area contributed by atoms with E-state index >= 15 is 0 Å². The number of ketones is 1. The maximum Gasteiger partial charge on any atom is 0.203 e. The summed E-state index contributed by atoms with van der Waals surface area (Å²) >= 11 is 0. The molecule has 1 aromatic carbocycles. The second-order valence-corrected chi connectivity index (χ2v) is 4.90. The van der Waals surface area contributed by atoms with E-state index in [1.54, 1.807) is 12.1 Å². The average molecular weight is 264 g/mol. The Morgan fingerprint density at radius 1 is 1.16 bits per heavy atom. The van der Waals surface area contributed by atoms with Gasteiger partial charge in [-0.1, -0.05) is 19.3 Å². The van der Waals surface area contributed by atoms with Crippen LogP contribution in [0.25, 0.3) is 0 Å². The van der Waals surface area contributed by atoms with Crippen LogP contribution < -0.4 is 9.47 Å². The molecule has 0 bridgehead atoms. The number of benzene rings is 1. The molecule has 0 amide bonds. The van der Waals surface area contributed by atoms with Gasteiger partial charge < -0.3 is 14.6 Å². The van der Waals surface area contributed by atoms with Gasteiger partial charge in [0, 0.05) is 5.92 Å². The summed E-state index contributed by atoms with van der Waals surface area (Å²) in [4.78, 5) is 12.4. The lowest BCUT2D eigenvalue weighted by molar-refractivity contribution is 0.0886. The maximum atomic E-state index is 12.4. The van der Waals surface area contributed by atoms with Crippen LogP contribution >= 0.6 is 0 Å². The number of rotatable bonds is 4. The van der Waals surface area contributed by atoms with Crippen molar-refractivity contribution in [3.05, 3.63) is 17.7 Å². The number of ether oxygens (including phenoxy) is 2. The zero-order valence-corrected chi connectivity index (χ0v) is 11.4. The van der Waals surface area contributed by atoms with Crippen molar-refractivity contribution in [3.8, 4) is 17.2 Å². The molecule has 4 heteroatoms. The Labute approximate surface area is 113 Å². The van der Waals surface area contributed by atoms with E-state index in [1.165, 1.54) is 20.6 Å². The number of phenolic OH excluding ortho intramolecular Hbond substituents is 1. The molecule has 0 aliphatic heterocycles. The predicted octanol–water partition coefficient (Wildman–Crippen LogP) is 3.17. The molecular weight excluding hydrogens is 244 g/mol. The van der Waals surface area contributed by atoms with Crippen LogP contribution in [0.15, 0.2) is 12.1 Å². The largest absolute Gasteiger partial charge is 0.504 e. The molecule has 1 aromatic rings. The van der Waals surface area contributed by atoms with Crippen molar-refractivity contribution in [3.63, 3.8) is 0 Å². The van der Waals surface area contributed by atoms with Crippen molar-refractivity contribution in [2.45, 2.75) is 32.1 Å². The number of aromatic hydroxyl groups is 1. The van der Waals surface area contributed by atoms with Crippen LogP contribution in [0, 0.1) is 5.92 Å². The Morgan fingerprint density at radius 2 is 1.84 bits per heavy atom. The normalized spacial score (nSPS) is 16.1. The van der Waals surface area contributed by atoms with E-state index in [0.29, 0.717) is 11.3 Å². The van der Waals surface area contributed by atoms with Gasteiger partial charge in [0.05, 0.1) is 19.8 Å². The highest BCUT2D eigenvalue weighted by Crippen LogP contribution is 2.40. The van der Waals surface area contributed by atoms with Crippen LogP contribution in [0.5, 0.6) is 17.2 Å². The molecule has 2 rings (SSSR count). The van der Waals surface area contributed by atoms with Crippen molar-refractivity contribution in [1.29, 1.82) is 0 Å². The van der Waals surface area contributed by atoms with Gasteiger partial charge in [-0.05, 0) is 25.0 Å². The van der Waals surface area contributed by atoms with Gasteiger partial charge in [0.25, 0.3) is 0 Å². The quantitative estimate of drug-likeness (QED) is 0.849. The van der Waals surface area contributed by atoms with E-state index in [4.69, 9.17) is 9.47 Å². The molecule has 1 fully saturated rings. The molecule has 0 unspecified atom stereocenters. The van der Waals surface area contributed by atoms with Crippen LogP contribution in [0.3, 0.4) is 0 Å². The summed E-state index contributed by atoms with van der Waals surface area (Å²) in [6, 6.07) is 3.28. The lowest BCUT2D eigenvalue weighted by Gasteiger charge is -2.21. The Kier molecular flexibility index (Phi) is 4.30. The lowest BCUT2D eigenvalue weighted by atomic mass is 9.83. The molecule has 4 nitrogen and oxygen atoms in total. The summed E-state index contributed by atoms with van der Waals surface area (Å²) in [6.45, 7) is 0. The molecular formula is C15H20O4. The van der Waals surface area contributed by atoms with Crippen LogP contribution in [-0.4, -0.2) is 25.1 Å². The van der Waals surface area contributed by atoms with Crippen LogP contribution in [-0.2, 0) is 0 Å². The zero-order valence-electron chi connectivity index (χ0n) is 11.4. The van der Waals surface area contributed by atoms with E-state index in [1.807, 2.05) is 0 Å². The minimum atomic E-state index is -0.113. The van der Waals surface area contributed by atoms with Crippen molar-refractivity contribution < 1.29 is 19.4 Å². The van der Waals surface area contributed by atoms with Crippen LogP contribution in [0.4, 0.5) is 0 Å². The summed E-state index contributed by atoms with van der Waals surface area (Å²) < 4.78 is 10.2. The molecule has 1 saturated carbocycles. The van der Waals surface area contributed by atoms with E-state index < -0.39 is 0 Å². The molecule has 0 aromatic heterocycles. The number of hydrogen-bond donors (Lipinski definition) is 1. The first-order valence-corrected chi connectivity index (χ1v) is 6.67. The third-order valence-electron chi connectivity index (χ3n) is 3.76. The zero-order chi connectivity index (χ0) is 13.8. The Balaban J connectivity index is 2.31. The van der Waals surface area contributed by atoms with Gasteiger partial charge in [0.15, 0.2) is 17.3 Å². The molecule has 1 aliphatic rings.